The van der Waals surface area contributed by atoms with E-state index in [1.54, 1.807) is 0 Å². The van der Waals surface area contributed by atoms with E-state index in [2.05, 4.69) is 6.92 Å². The summed E-state index contributed by atoms with van der Waals surface area (Å²) in [6.07, 6.45) is 12.0. The predicted octanol–water partition coefficient (Wildman–Crippen LogP) is 4.18. The van der Waals surface area contributed by atoms with E-state index < -0.39 is 11.0 Å². The average molecular weight is 396 g/mol. The molecule has 2 fully saturated rings. The molecule has 5 aliphatic rings. The Hall–Kier alpha value is -2.17. The Morgan fingerprint density at radius 2 is 2.07 bits per heavy atom. The molecule has 2 bridgehead atoms. The smallest absolute Gasteiger partial charge is 0.340 e. The van der Waals surface area contributed by atoms with Gasteiger partial charge in [-0.05, 0) is 44.6 Å². The highest BCUT2D eigenvalue weighted by Crippen LogP contribution is 2.72. The number of fused-ring (bicyclic) bond motifs is 3. The summed E-state index contributed by atoms with van der Waals surface area (Å²) < 4.78 is 11.7. The molecule has 5 rings (SSSR count). The molecule has 29 heavy (non-hydrogen) atoms. The van der Waals surface area contributed by atoms with Crippen LogP contribution in [0.15, 0.2) is 35.1 Å². The molecule has 0 aromatic heterocycles. The van der Waals surface area contributed by atoms with Gasteiger partial charge >= 0.3 is 11.9 Å². The fourth-order valence-electron chi connectivity index (χ4n) is 6.84. The molecule has 5 heteroatoms. The third kappa shape index (κ3) is 2.14. The Morgan fingerprint density at radius 1 is 1.24 bits per heavy atom. The van der Waals surface area contributed by atoms with Crippen LogP contribution >= 0.6 is 0 Å². The molecule has 1 saturated carbocycles. The molecule has 0 aromatic rings. The fraction of sp³-hybridized carbons (Fsp3) is 0.625. The van der Waals surface area contributed by atoms with Gasteiger partial charge in [-0.25, -0.2) is 4.79 Å². The summed E-state index contributed by atoms with van der Waals surface area (Å²) in [5, 5.41) is 0. The Balaban J connectivity index is 1.70. The Bertz CT molecular complexity index is 893. The number of hydrogen-bond donors (Lipinski definition) is 0. The molecule has 0 N–H and O–H groups in total. The van der Waals surface area contributed by atoms with Crippen molar-refractivity contribution in [1.82, 2.24) is 0 Å². The maximum absolute atomic E-state index is 13.4. The summed E-state index contributed by atoms with van der Waals surface area (Å²) in [6, 6.07) is 0. The number of esters is 2. The second kappa shape index (κ2) is 6.41. The van der Waals surface area contributed by atoms with Crippen LogP contribution in [0.5, 0.6) is 0 Å². The molecule has 0 amide bonds. The van der Waals surface area contributed by atoms with Crippen molar-refractivity contribution in [2.45, 2.75) is 70.8 Å². The lowest BCUT2D eigenvalue weighted by Crippen LogP contribution is -2.52. The zero-order valence-electron chi connectivity index (χ0n) is 17.2. The zero-order chi connectivity index (χ0) is 20.4. The maximum Gasteiger partial charge on any atom is 0.340 e. The van der Waals surface area contributed by atoms with Crippen LogP contribution in [0.25, 0.3) is 0 Å². The molecule has 0 unspecified atom stereocenters. The van der Waals surface area contributed by atoms with Crippen molar-refractivity contribution in [3.05, 3.63) is 35.1 Å². The van der Waals surface area contributed by atoms with Gasteiger partial charge in [0.25, 0.3) is 0 Å². The summed E-state index contributed by atoms with van der Waals surface area (Å²) in [5.41, 5.74) is -0.373. The normalized spacial score (nSPS) is 40.6. The molecule has 2 aliphatic heterocycles. The topological polar surface area (TPSA) is 69.7 Å². The minimum Gasteiger partial charge on any atom is -0.450 e. The quantitative estimate of drug-likeness (QED) is 0.515. The molecular formula is C24H28O5. The first-order chi connectivity index (χ1) is 14.0. The van der Waals surface area contributed by atoms with Gasteiger partial charge in [0, 0.05) is 35.3 Å². The van der Waals surface area contributed by atoms with E-state index in [9.17, 15) is 14.4 Å². The number of allylic oxidation sites excluding steroid dienone is 3. The highest BCUT2D eigenvalue weighted by Gasteiger charge is 2.81. The minimum absolute atomic E-state index is 0.0418. The standard InChI is InChI=1S/C24H28O5/c1-3-5-9-16-14-11-12-15-20(19(14)21(26)28-16)23-13-7-6-10-17(23)24(15,29-22(23)27)18(25)8-4-2/h7,9,13,15,17,20H,3-6,8,10-12H2,1-2H3/b16-9-/t15-,17+,20-,23+,24+/m1/s1. The summed E-state index contributed by atoms with van der Waals surface area (Å²) in [7, 11) is 0. The zero-order valence-corrected chi connectivity index (χ0v) is 17.2. The van der Waals surface area contributed by atoms with Gasteiger partial charge in [-0.1, -0.05) is 32.4 Å². The average Bonchev–Trinajstić information content (AvgIpc) is 3.28. The minimum atomic E-state index is -1.07. The lowest BCUT2D eigenvalue weighted by molar-refractivity contribution is -0.176. The van der Waals surface area contributed by atoms with E-state index in [-0.39, 0.29) is 35.5 Å². The third-order valence-corrected chi connectivity index (χ3v) is 7.79. The number of carbonyl (C=O) groups is 3. The van der Waals surface area contributed by atoms with Gasteiger partial charge in [-0.2, -0.15) is 0 Å². The highest BCUT2D eigenvalue weighted by molar-refractivity contribution is 6.03. The first kappa shape index (κ1) is 18.8. The maximum atomic E-state index is 13.4. The Kier molecular flexibility index (Phi) is 4.17. The van der Waals surface area contributed by atoms with Gasteiger partial charge in [0.15, 0.2) is 11.4 Å². The van der Waals surface area contributed by atoms with Crippen molar-refractivity contribution in [2.75, 3.05) is 0 Å². The molecule has 1 saturated heterocycles. The fourth-order valence-corrected chi connectivity index (χ4v) is 6.84. The number of Topliss-reactive ketones (excluding diaryl/α,β-unsaturated/α-hetero) is 1. The van der Waals surface area contributed by atoms with E-state index in [4.69, 9.17) is 9.47 Å². The lowest BCUT2D eigenvalue weighted by Gasteiger charge is -2.42. The summed E-state index contributed by atoms with van der Waals surface area (Å²) in [6.45, 7) is 4.07. The predicted molar refractivity (Wildman–Crippen MR) is 105 cm³/mol. The molecule has 2 heterocycles. The van der Waals surface area contributed by atoms with Gasteiger partial charge in [0.05, 0.1) is 0 Å². The van der Waals surface area contributed by atoms with Crippen LogP contribution in [0.3, 0.4) is 0 Å². The van der Waals surface area contributed by atoms with Crippen molar-refractivity contribution in [3.63, 3.8) is 0 Å². The molecule has 5 atom stereocenters. The first-order valence-corrected chi connectivity index (χ1v) is 11.1. The van der Waals surface area contributed by atoms with Gasteiger partial charge in [0.2, 0.25) is 0 Å². The number of carbonyl (C=O) groups excluding carboxylic acids is 3. The van der Waals surface area contributed by atoms with Crippen LogP contribution in [-0.2, 0) is 23.9 Å². The van der Waals surface area contributed by atoms with Gasteiger partial charge < -0.3 is 9.47 Å². The van der Waals surface area contributed by atoms with Crippen molar-refractivity contribution < 1.29 is 23.9 Å². The number of cyclic esters (lactones) is 1. The molecule has 154 valence electrons. The molecule has 5 nitrogen and oxygen atoms in total. The van der Waals surface area contributed by atoms with Crippen LogP contribution in [0, 0.1) is 23.2 Å². The van der Waals surface area contributed by atoms with Gasteiger partial charge in [-0.15, -0.1) is 0 Å². The summed E-state index contributed by atoms with van der Waals surface area (Å²) in [5.74, 6) is -0.564. The summed E-state index contributed by atoms with van der Waals surface area (Å²) in [4.78, 5) is 39.7. The van der Waals surface area contributed by atoms with E-state index in [0.29, 0.717) is 24.2 Å². The number of rotatable bonds is 5. The van der Waals surface area contributed by atoms with Crippen molar-refractivity contribution >= 4 is 17.7 Å². The van der Waals surface area contributed by atoms with Crippen LogP contribution < -0.4 is 0 Å². The van der Waals surface area contributed by atoms with Crippen molar-refractivity contribution in [3.8, 4) is 0 Å². The molecular weight excluding hydrogens is 368 g/mol. The van der Waals surface area contributed by atoms with Crippen molar-refractivity contribution in [2.24, 2.45) is 23.2 Å². The number of unbranched alkanes of at least 4 members (excludes halogenated alkanes) is 1. The number of hydrogen-bond acceptors (Lipinski definition) is 5. The molecule has 0 radical (unpaired) electrons. The lowest BCUT2D eigenvalue weighted by atomic mass is 9.62. The second-order valence-electron chi connectivity index (χ2n) is 9.08. The third-order valence-electron chi connectivity index (χ3n) is 7.79. The van der Waals surface area contributed by atoms with Crippen LogP contribution in [-0.4, -0.2) is 23.3 Å². The first-order valence-electron chi connectivity index (χ1n) is 11.1. The van der Waals surface area contributed by atoms with Crippen LogP contribution in [0.1, 0.15) is 65.2 Å². The largest absolute Gasteiger partial charge is 0.450 e. The highest BCUT2D eigenvalue weighted by atomic mass is 16.6. The Morgan fingerprint density at radius 3 is 2.83 bits per heavy atom. The van der Waals surface area contributed by atoms with Gasteiger partial charge in [0.1, 0.15) is 11.2 Å². The molecule has 3 aliphatic carbocycles. The number of ether oxygens (including phenoxy) is 2. The number of ketones is 1. The van der Waals surface area contributed by atoms with Gasteiger partial charge in [-0.3, -0.25) is 9.59 Å². The SMILES string of the molecule is CCC/C=C1\OC(=O)C2=C1CC[C@@H]1[C@H]2[C@]23C=CCC[C@@H]2[C@@]1(C(=O)CCC)OC3=O. The summed E-state index contributed by atoms with van der Waals surface area (Å²) >= 11 is 0. The van der Waals surface area contributed by atoms with Crippen LogP contribution in [0.2, 0.25) is 0 Å². The Labute approximate surface area is 171 Å². The second-order valence-corrected chi connectivity index (χ2v) is 9.08. The van der Waals surface area contributed by atoms with E-state index >= 15 is 0 Å². The molecule has 0 aromatic carbocycles. The van der Waals surface area contributed by atoms with E-state index in [0.717, 1.165) is 44.1 Å². The van der Waals surface area contributed by atoms with E-state index in [1.165, 1.54) is 0 Å². The van der Waals surface area contributed by atoms with E-state index in [1.807, 2.05) is 25.2 Å². The molecule has 0 spiro atoms. The monoisotopic (exact) mass is 396 g/mol. The van der Waals surface area contributed by atoms with Crippen LogP contribution in [0.4, 0.5) is 0 Å². The van der Waals surface area contributed by atoms with Crippen molar-refractivity contribution in [1.29, 1.82) is 0 Å².